The largest absolute Gasteiger partial charge is 0.463 e. The molecule has 0 radical (unpaired) electrons. The molecule has 0 aliphatic rings. The Morgan fingerprint density at radius 3 is 2.27 bits per heavy atom. The second-order valence-electron chi connectivity index (χ2n) is 2.82. The molecule has 0 saturated heterocycles. The molecule has 0 fully saturated rings. The number of aliphatic hydroxyl groups is 2. The van der Waals surface area contributed by atoms with Crippen LogP contribution in [0.25, 0.3) is 0 Å². The smallest absolute Gasteiger partial charge is 0.344 e. The van der Waals surface area contributed by atoms with E-state index >= 15 is 0 Å². The van der Waals surface area contributed by atoms with Crippen LogP contribution in [-0.2, 0) is 19.1 Å². The number of carbonyl (C=O) groups excluding carboxylic acids is 2. The molecule has 0 bridgehead atoms. The summed E-state index contributed by atoms with van der Waals surface area (Å²) >= 11 is 0. The molecular weight excluding hydrogens is 204 g/mol. The lowest BCUT2D eigenvalue weighted by Crippen LogP contribution is -2.18. The molecule has 6 heteroatoms. The van der Waals surface area contributed by atoms with Gasteiger partial charge in [-0.05, 0) is 19.3 Å². The monoisotopic (exact) mass is 220 g/mol. The molecule has 0 atom stereocenters. The third-order valence-electron chi connectivity index (χ3n) is 1.55. The third kappa shape index (κ3) is 9.17. The number of hydrogen-bond donors (Lipinski definition) is 2. The van der Waals surface area contributed by atoms with E-state index in [9.17, 15) is 9.59 Å². The van der Waals surface area contributed by atoms with Crippen LogP contribution in [0.2, 0.25) is 0 Å². The zero-order chi connectivity index (χ0) is 11.5. The average Bonchev–Trinajstić information content (AvgIpc) is 2.25. The van der Waals surface area contributed by atoms with E-state index in [0.717, 1.165) is 6.42 Å². The first-order valence-corrected chi connectivity index (χ1v) is 4.73. The molecule has 15 heavy (non-hydrogen) atoms. The average molecular weight is 220 g/mol. The third-order valence-corrected chi connectivity index (χ3v) is 1.55. The molecule has 0 amide bonds. The van der Waals surface area contributed by atoms with Crippen molar-refractivity contribution in [2.24, 2.45) is 0 Å². The molecule has 2 N–H and O–H groups in total. The van der Waals surface area contributed by atoms with Crippen LogP contribution in [0.4, 0.5) is 0 Å². The lowest BCUT2D eigenvalue weighted by molar-refractivity contribution is -0.160. The molecule has 0 unspecified atom stereocenters. The van der Waals surface area contributed by atoms with Gasteiger partial charge in [0.05, 0.1) is 6.61 Å². The highest BCUT2D eigenvalue weighted by atomic mass is 16.6. The summed E-state index contributed by atoms with van der Waals surface area (Å²) in [6, 6.07) is 0. The van der Waals surface area contributed by atoms with E-state index in [1.165, 1.54) is 0 Å². The summed E-state index contributed by atoms with van der Waals surface area (Å²) in [5.74, 6) is -1.49. The Morgan fingerprint density at radius 2 is 1.67 bits per heavy atom. The maximum absolute atomic E-state index is 10.9. The fraction of sp³-hybridized carbons (Fsp3) is 0.778. The molecule has 0 aromatic carbocycles. The molecule has 0 aromatic heterocycles. The Balaban J connectivity index is 3.30. The highest BCUT2D eigenvalue weighted by molar-refractivity contribution is 5.76. The number of hydrogen-bond acceptors (Lipinski definition) is 6. The first kappa shape index (κ1) is 13.9. The van der Waals surface area contributed by atoms with Crippen molar-refractivity contribution < 1.29 is 29.3 Å². The molecule has 0 aliphatic carbocycles. The van der Waals surface area contributed by atoms with Crippen LogP contribution in [0.1, 0.15) is 19.3 Å². The lowest BCUT2D eigenvalue weighted by Gasteiger charge is -2.04. The highest BCUT2D eigenvalue weighted by Gasteiger charge is 2.06. The van der Waals surface area contributed by atoms with Crippen molar-refractivity contribution >= 4 is 11.9 Å². The molecule has 88 valence electrons. The molecule has 0 saturated carbocycles. The van der Waals surface area contributed by atoms with Crippen molar-refractivity contribution in [3.63, 3.8) is 0 Å². The quantitative estimate of drug-likeness (QED) is 0.412. The van der Waals surface area contributed by atoms with Crippen LogP contribution in [0.15, 0.2) is 0 Å². The Labute approximate surface area is 87.8 Å². The fourth-order valence-corrected chi connectivity index (χ4v) is 0.803. The molecule has 0 heterocycles. The second kappa shape index (κ2) is 9.42. The van der Waals surface area contributed by atoms with E-state index in [1.54, 1.807) is 0 Å². The van der Waals surface area contributed by atoms with Crippen LogP contribution in [-0.4, -0.2) is 48.6 Å². The van der Waals surface area contributed by atoms with Gasteiger partial charge in [-0.15, -0.1) is 0 Å². The summed E-state index contributed by atoms with van der Waals surface area (Å²) in [5, 5.41) is 16.7. The van der Waals surface area contributed by atoms with Gasteiger partial charge in [0.1, 0.15) is 6.61 Å². The van der Waals surface area contributed by atoms with Gasteiger partial charge >= 0.3 is 11.9 Å². The number of carbonyl (C=O) groups is 2. The van der Waals surface area contributed by atoms with Gasteiger partial charge in [0.15, 0.2) is 6.61 Å². The zero-order valence-electron chi connectivity index (χ0n) is 8.48. The van der Waals surface area contributed by atoms with E-state index in [0.29, 0.717) is 12.8 Å². The highest BCUT2D eigenvalue weighted by Crippen LogP contribution is 1.95. The molecule has 6 nitrogen and oxygen atoms in total. The number of aliphatic hydroxyl groups excluding tert-OH is 2. The van der Waals surface area contributed by atoms with Crippen molar-refractivity contribution in [3.8, 4) is 0 Å². The number of ether oxygens (including phenoxy) is 2. The normalized spacial score (nSPS) is 9.73. The van der Waals surface area contributed by atoms with Crippen LogP contribution in [0.3, 0.4) is 0 Å². The Hall–Kier alpha value is -1.14. The van der Waals surface area contributed by atoms with E-state index in [1.807, 2.05) is 0 Å². The van der Waals surface area contributed by atoms with Gasteiger partial charge in [-0.2, -0.15) is 0 Å². The van der Waals surface area contributed by atoms with Crippen molar-refractivity contribution in [2.45, 2.75) is 19.3 Å². The minimum Gasteiger partial charge on any atom is -0.463 e. The summed E-state index contributed by atoms with van der Waals surface area (Å²) in [5.41, 5.74) is 0. The van der Waals surface area contributed by atoms with Gasteiger partial charge in [0.2, 0.25) is 0 Å². The molecule has 0 rings (SSSR count). The van der Waals surface area contributed by atoms with Gasteiger partial charge in [-0.25, -0.2) is 9.59 Å². The van der Waals surface area contributed by atoms with E-state index in [2.05, 4.69) is 4.74 Å². The van der Waals surface area contributed by atoms with E-state index < -0.39 is 25.2 Å². The number of unbranched alkanes of at least 4 members (excludes halogenated alkanes) is 2. The zero-order valence-corrected chi connectivity index (χ0v) is 8.48. The number of rotatable bonds is 8. The molecule has 0 aliphatic heterocycles. The van der Waals surface area contributed by atoms with Crippen molar-refractivity contribution in [3.05, 3.63) is 0 Å². The maximum Gasteiger partial charge on any atom is 0.344 e. The van der Waals surface area contributed by atoms with Gasteiger partial charge in [0, 0.05) is 6.61 Å². The van der Waals surface area contributed by atoms with Gasteiger partial charge in [0.25, 0.3) is 0 Å². The predicted molar refractivity (Wildman–Crippen MR) is 49.9 cm³/mol. The van der Waals surface area contributed by atoms with Crippen LogP contribution in [0.5, 0.6) is 0 Å². The van der Waals surface area contributed by atoms with Gasteiger partial charge < -0.3 is 19.7 Å². The van der Waals surface area contributed by atoms with Gasteiger partial charge in [-0.3, -0.25) is 0 Å². The predicted octanol–water partition coefficient (Wildman–Crippen LogP) is -0.772. The number of esters is 2. The van der Waals surface area contributed by atoms with Crippen LogP contribution < -0.4 is 0 Å². The fourth-order valence-electron chi connectivity index (χ4n) is 0.803. The van der Waals surface area contributed by atoms with Crippen molar-refractivity contribution in [1.82, 2.24) is 0 Å². The molecule has 0 aromatic rings. The van der Waals surface area contributed by atoms with Crippen LogP contribution in [0, 0.1) is 0 Å². The van der Waals surface area contributed by atoms with E-state index in [4.69, 9.17) is 14.9 Å². The van der Waals surface area contributed by atoms with Crippen LogP contribution >= 0.6 is 0 Å². The topological polar surface area (TPSA) is 93.1 Å². The Bertz CT molecular complexity index is 191. The van der Waals surface area contributed by atoms with E-state index in [-0.39, 0.29) is 13.2 Å². The summed E-state index contributed by atoms with van der Waals surface area (Å²) in [4.78, 5) is 21.3. The Kier molecular flexibility index (Phi) is 8.70. The summed E-state index contributed by atoms with van der Waals surface area (Å²) < 4.78 is 9.03. The minimum atomic E-state index is -0.854. The van der Waals surface area contributed by atoms with Crippen molar-refractivity contribution in [2.75, 3.05) is 26.4 Å². The van der Waals surface area contributed by atoms with Crippen molar-refractivity contribution in [1.29, 1.82) is 0 Å². The SMILES string of the molecule is O=C(CO)OCC(=O)OCCCCCO. The first-order valence-electron chi connectivity index (χ1n) is 4.73. The summed E-state index contributed by atoms with van der Waals surface area (Å²) in [6.45, 7) is -0.846. The van der Waals surface area contributed by atoms with Gasteiger partial charge in [-0.1, -0.05) is 0 Å². The Morgan fingerprint density at radius 1 is 0.933 bits per heavy atom. The molecular formula is C9H16O6. The summed E-state index contributed by atoms with van der Waals surface area (Å²) in [7, 11) is 0. The lowest BCUT2D eigenvalue weighted by atomic mass is 10.2. The molecule has 0 spiro atoms. The first-order chi connectivity index (χ1) is 7.20. The maximum atomic E-state index is 10.9. The second-order valence-corrected chi connectivity index (χ2v) is 2.82. The standard InChI is InChI=1S/C9H16O6/c10-4-2-1-3-5-14-9(13)7-15-8(12)6-11/h10-11H,1-7H2. The summed E-state index contributed by atoms with van der Waals surface area (Å²) in [6.07, 6.45) is 2.12. The minimum absolute atomic E-state index is 0.127.